The van der Waals surface area contributed by atoms with Crippen molar-refractivity contribution in [3.8, 4) is 0 Å². The fourth-order valence-electron chi connectivity index (χ4n) is 6.36. The highest BCUT2D eigenvalue weighted by atomic mass is 32.1. The van der Waals surface area contributed by atoms with Crippen molar-refractivity contribution in [3.63, 3.8) is 0 Å². The van der Waals surface area contributed by atoms with Crippen molar-refractivity contribution in [1.82, 2.24) is 20.2 Å². The number of hydrogen-bond donors (Lipinski definition) is 2. The fraction of sp³-hybridized carbons (Fsp3) is 0.562. The van der Waals surface area contributed by atoms with Gasteiger partial charge in [0.05, 0.1) is 18.7 Å². The van der Waals surface area contributed by atoms with Gasteiger partial charge in [0, 0.05) is 31.0 Å². The van der Waals surface area contributed by atoms with Crippen LogP contribution in [0, 0.1) is 11.3 Å². The number of aliphatic hydroxyl groups is 1. The van der Waals surface area contributed by atoms with Gasteiger partial charge in [-0.2, -0.15) is 0 Å². The Labute approximate surface area is 251 Å². The second kappa shape index (κ2) is 11.9. The molecule has 2 N–H and O–H groups in total. The number of nitrogens with one attached hydrogen (secondary N) is 1. The molecule has 2 aliphatic heterocycles. The maximum Gasteiger partial charge on any atom is 0.414 e. The lowest BCUT2D eigenvalue weighted by molar-refractivity contribution is 0.0795. The monoisotopic (exact) mass is 591 g/mol. The summed E-state index contributed by atoms with van der Waals surface area (Å²) in [4.78, 5) is 40.1. The molecule has 1 aromatic carbocycles. The Morgan fingerprint density at radius 3 is 2.60 bits per heavy atom. The van der Waals surface area contributed by atoms with Crippen LogP contribution in [0.4, 0.5) is 10.5 Å². The number of fused-ring (bicyclic) bond motifs is 2. The third-order valence-electron chi connectivity index (χ3n) is 9.13. The van der Waals surface area contributed by atoms with Crippen LogP contribution in [-0.2, 0) is 17.6 Å². The molecule has 2 aromatic heterocycles. The van der Waals surface area contributed by atoms with Gasteiger partial charge < -0.3 is 20.1 Å². The van der Waals surface area contributed by atoms with Gasteiger partial charge in [-0.25, -0.2) is 14.8 Å². The Bertz CT molecular complexity index is 1440. The number of aryl methyl sites for hydroxylation is 1. The Hall–Kier alpha value is -3.08. The van der Waals surface area contributed by atoms with Crippen molar-refractivity contribution in [1.29, 1.82) is 0 Å². The van der Waals surface area contributed by atoms with Gasteiger partial charge in [-0.15, -0.1) is 0 Å². The summed E-state index contributed by atoms with van der Waals surface area (Å²) in [6.45, 7) is 10.3. The Morgan fingerprint density at radius 1 is 1.14 bits per heavy atom. The van der Waals surface area contributed by atoms with Crippen LogP contribution in [0.2, 0.25) is 0 Å². The number of aliphatic hydroxyl groups excluding tert-OH is 1. The molecule has 1 unspecified atom stereocenters. The number of rotatable bonds is 7. The van der Waals surface area contributed by atoms with Crippen molar-refractivity contribution in [2.24, 2.45) is 11.3 Å². The average molecular weight is 592 g/mol. The maximum atomic E-state index is 13.6. The first-order valence-electron chi connectivity index (χ1n) is 15.2. The number of likely N-dealkylation sites (tertiary alicyclic amines) is 1. The van der Waals surface area contributed by atoms with E-state index in [4.69, 9.17) is 14.7 Å². The summed E-state index contributed by atoms with van der Waals surface area (Å²) >= 11 is 1.36. The largest absolute Gasteiger partial charge is 0.447 e. The van der Waals surface area contributed by atoms with Crippen molar-refractivity contribution >= 4 is 39.4 Å². The van der Waals surface area contributed by atoms with E-state index < -0.39 is 0 Å². The molecule has 6 rings (SSSR count). The molecule has 1 aliphatic carbocycles. The summed E-state index contributed by atoms with van der Waals surface area (Å²) in [5.41, 5.74) is 5.20. The van der Waals surface area contributed by atoms with Gasteiger partial charge >= 0.3 is 6.09 Å². The quantitative estimate of drug-likeness (QED) is 0.393. The normalized spacial score (nSPS) is 20.9. The van der Waals surface area contributed by atoms with Gasteiger partial charge in [0.2, 0.25) is 0 Å². The topological polar surface area (TPSA) is 108 Å². The minimum Gasteiger partial charge on any atom is -0.447 e. The number of cyclic esters (lactones) is 1. The summed E-state index contributed by atoms with van der Waals surface area (Å²) in [5.74, 6) is 0.409. The van der Waals surface area contributed by atoms with Gasteiger partial charge in [0.1, 0.15) is 17.0 Å². The van der Waals surface area contributed by atoms with E-state index in [1.165, 1.54) is 16.9 Å². The fourth-order valence-corrected chi connectivity index (χ4v) is 7.20. The molecule has 224 valence electrons. The van der Waals surface area contributed by atoms with E-state index in [0.717, 1.165) is 85.5 Å². The summed E-state index contributed by atoms with van der Waals surface area (Å²) in [6.07, 6.45) is 4.82. The number of anilines is 1. The van der Waals surface area contributed by atoms with Crippen LogP contribution in [0.15, 0.2) is 30.3 Å². The Morgan fingerprint density at radius 2 is 1.90 bits per heavy atom. The summed E-state index contributed by atoms with van der Waals surface area (Å²) in [7, 11) is 0. The van der Waals surface area contributed by atoms with Crippen molar-refractivity contribution in [2.45, 2.75) is 71.4 Å². The molecule has 3 aromatic rings. The summed E-state index contributed by atoms with van der Waals surface area (Å²) in [6, 6.07) is 9.69. The predicted molar refractivity (Wildman–Crippen MR) is 164 cm³/mol. The SMILES string of the molecule is CC(C)(C)C1CCc2nc3sc(C(=O)N[C@H](CCN4CCC(O)CC4)c4ccc(N5CCOC5=O)cc4)nc3cc2C1. The van der Waals surface area contributed by atoms with E-state index in [0.29, 0.717) is 24.1 Å². The van der Waals surface area contributed by atoms with Crippen LogP contribution < -0.4 is 10.2 Å². The smallest absolute Gasteiger partial charge is 0.414 e. The molecule has 2 amide bonds. The van der Waals surface area contributed by atoms with Crippen LogP contribution in [0.5, 0.6) is 0 Å². The molecule has 0 saturated carbocycles. The first-order chi connectivity index (χ1) is 20.1. The van der Waals surface area contributed by atoms with Crippen molar-refractivity contribution in [3.05, 3.63) is 52.2 Å². The number of hydrogen-bond acceptors (Lipinski definition) is 8. The van der Waals surface area contributed by atoms with E-state index in [1.807, 2.05) is 24.3 Å². The molecule has 2 fully saturated rings. The number of ether oxygens (including phenoxy) is 1. The number of nitrogens with zero attached hydrogens (tertiary/aromatic N) is 4. The minimum atomic E-state index is -0.333. The van der Waals surface area contributed by atoms with Crippen LogP contribution in [-0.4, -0.2) is 70.9 Å². The third-order valence-corrected chi connectivity index (χ3v) is 10.1. The molecule has 0 bridgehead atoms. The highest BCUT2D eigenvalue weighted by Crippen LogP contribution is 2.38. The third kappa shape index (κ3) is 6.31. The Kier molecular flexibility index (Phi) is 8.22. The maximum absolute atomic E-state index is 13.6. The van der Waals surface area contributed by atoms with Gasteiger partial charge in [-0.3, -0.25) is 9.69 Å². The van der Waals surface area contributed by atoms with Crippen molar-refractivity contribution in [2.75, 3.05) is 37.7 Å². The second-order valence-corrected chi connectivity index (χ2v) is 14.0. The average Bonchev–Trinajstić information content (AvgIpc) is 3.59. The first kappa shape index (κ1) is 29.0. The van der Waals surface area contributed by atoms with Crippen LogP contribution >= 0.6 is 11.3 Å². The lowest BCUT2D eigenvalue weighted by atomic mass is 9.71. The molecule has 0 radical (unpaired) electrons. The zero-order valence-electron chi connectivity index (χ0n) is 24.8. The molecule has 10 heteroatoms. The molecular formula is C32H41N5O4S. The molecule has 4 heterocycles. The zero-order chi connectivity index (χ0) is 29.4. The van der Waals surface area contributed by atoms with Gasteiger partial charge in [0.15, 0.2) is 5.01 Å². The molecule has 42 heavy (non-hydrogen) atoms. The van der Waals surface area contributed by atoms with E-state index in [2.05, 4.69) is 37.1 Å². The predicted octanol–water partition coefficient (Wildman–Crippen LogP) is 5.12. The number of amides is 2. The highest BCUT2D eigenvalue weighted by Gasteiger charge is 2.30. The van der Waals surface area contributed by atoms with E-state index >= 15 is 0 Å². The van der Waals surface area contributed by atoms with E-state index in [1.54, 1.807) is 4.90 Å². The number of pyridine rings is 1. The van der Waals surface area contributed by atoms with Crippen molar-refractivity contribution < 1.29 is 19.4 Å². The lowest BCUT2D eigenvalue weighted by Gasteiger charge is -2.34. The van der Waals surface area contributed by atoms with Crippen LogP contribution in [0.3, 0.4) is 0 Å². The van der Waals surface area contributed by atoms with E-state index in [-0.39, 0.29) is 29.6 Å². The molecule has 9 nitrogen and oxygen atoms in total. The number of carbonyl (C=O) groups is 2. The number of benzene rings is 1. The first-order valence-corrected chi connectivity index (χ1v) is 16.0. The van der Waals surface area contributed by atoms with Crippen LogP contribution in [0.25, 0.3) is 10.3 Å². The van der Waals surface area contributed by atoms with E-state index in [9.17, 15) is 14.7 Å². The van der Waals surface area contributed by atoms with Gasteiger partial charge in [0.25, 0.3) is 5.91 Å². The minimum absolute atomic E-state index is 0.199. The summed E-state index contributed by atoms with van der Waals surface area (Å²) < 4.78 is 5.09. The molecule has 2 atom stereocenters. The Balaban J connectivity index is 1.20. The molecular weight excluding hydrogens is 550 g/mol. The number of thiazole rings is 1. The molecule has 3 aliphatic rings. The number of carbonyl (C=O) groups excluding carboxylic acids is 2. The number of piperidine rings is 1. The zero-order valence-corrected chi connectivity index (χ0v) is 25.6. The van der Waals surface area contributed by atoms with Crippen LogP contribution in [0.1, 0.15) is 79.1 Å². The number of aromatic nitrogens is 2. The standard InChI is InChI=1S/C32H41N5O4S/c1-32(2,3)22-6-9-25-21(18-22)19-27-29(34-25)42-30(35-27)28(39)33-26(12-15-36-13-10-24(38)11-14-36)20-4-7-23(8-5-20)37-16-17-41-31(37)40/h4-5,7-8,19,22,24,26,38H,6,9-18H2,1-3H3,(H,33,39)/t22?,26-/m1/s1. The molecule has 2 saturated heterocycles. The summed E-state index contributed by atoms with van der Waals surface area (Å²) in [5, 5.41) is 13.6. The highest BCUT2D eigenvalue weighted by molar-refractivity contribution is 7.19. The van der Waals surface area contributed by atoms with Gasteiger partial charge in [-0.1, -0.05) is 44.2 Å². The second-order valence-electron chi connectivity index (χ2n) is 13.0. The molecule has 0 spiro atoms. The lowest BCUT2D eigenvalue weighted by Crippen LogP contribution is -2.38. The van der Waals surface area contributed by atoms with Gasteiger partial charge in [-0.05, 0) is 79.2 Å².